The third-order valence-electron chi connectivity index (χ3n) is 3.04. The van der Waals surface area contributed by atoms with Crippen LogP contribution in [0.1, 0.15) is 12.5 Å². The van der Waals surface area contributed by atoms with Crippen molar-refractivity contribution >= 4 is 33.8 Å². The van der Waals surface area contributed by atoms with Gasteiger partial charge in [-0.15, -0.1) is 11.3 Å². The van der Waals surface area contributed by atoms with E-state index in [1.165, 1.54) is 11.3 Å². The van der Waals surface area contributed by atoms with Gasteiger partial charge in [0, 0.05) is 33.9 Å². The number of benzene rings is 1. The fourth-order valence-electron chi connectivity index (χ4n) is 1.89. The largest absolute Gasteiger partial charge is 0.265 e. The number of halogens is 1. The lowest BCUT2D eigenvalue weighted by Gasteiger charge is -2.00. The zero-order valence-corrected chi connectivity index (χ0v) is 13.4. The van der Waals surface area contributed by atoms with Crippen LogP contribution in [0.4, 0.5) is 5.13 Å². The summed E-state index contributed by atoms with van der Waals surface area (Å²) < 4.78 is 0. The number of nitrogens with one attached hydrogen (secondary N) is 1. The third kappa shape index (κ3) is 3.50. The maximum Gasteiger partial charge on any atom is 0.203 e. The second kappa shape index (κ2) is 6.68. The Morgan fingerprint density at radius 1 is 1.23 bits per heavy atom. The topological polar surface area (TPSA) is 50.2 Å². The number of rotatable bonds is 4. The van der Waals surface area contributed by atoms with Crippen molar-refractivity contribution in [2.45, 2.75) is 6.92 Å². The zero-order valence-electron chi connectivity index (χ0n) is 11.8. The molecule has 0 amide bonds. The molecule has 0 unspecified atom stereocenters. The van der Waals surface area contributed by atoms with Gasteiger partial charge in [-0.05, 0) is 31.2 Å². The van der Waals surface area contributed by atoms with Crippen LogP contribution < -0.4 is 5.43 Å². The minimum Gasteiger partial charge on any atom is -0.265 e. The summed E-state index contributed by atoms with van der Waals surface area (Å²) in [5.41, 5.74) is 6.76. The molecule has 0 radical (unpaired) electrons. The van der Waals surface area contributed by atoms with Crippen LogP contribution in [0.2, 0.25) is 5.02 Å². The second-order valence-corrected chi connectivity index (χ2v) is 5.89. The molecule has 0 aliphatic rings. The highest BCUT2D eigenvalue weighted by molar-refractivity contribution is 7.14. The molecule has 2 aromatic heterocycles. The normalized spacial score (nSPS) is 11.5. The summed E-state index contributed by atoms with van der Waals surface area (Å²) in [6.07, 6.45) is 3.49. The molecule has 0 atom stereocenters. The molecule has 0 fully saturated rings. The van der Waals surface area contributed by atoms with Crippen molar-refractivity contribution in [3.63, 3.8) is 0 Å². The van der Waals surface area contributed by atoms with Gasteiger partial charge < -0.3 is 0 Å². The number of nitrogens with zero attached hydrogens (tertiary/aromatic N) is 3. The molecular weight excluding hydrogens is 316 g/mol. The minimum absolute atomic E-state index is 0.701. The van der Waals surface area contributed by atoms with Crippen LogP contribution in [0.25, 0.3) is 11.3 Å². The Bertz CT molecular complexity index is 799. The zero-order chi connectivity index (χ0) is 15.4. The lowest BCUT2D eigenvalue weighted by atomic mass is 10.2. The molecule has 3 aromatic rings. The number of pyridine rings is 1. The van der Waals surface area contributed by atoms with Crippen molar-refractivity contribution in [2.75, 3.05) is 5.43 Å². The Kier molecular flexibility index (Phi) is 4.46. The summed E-state index contributed by atoms with van der Waals surface area (Å²) >= 11 is 7.51. The number of thiazole rings is 1. The molecule has 22 heavy (non-hydrogen) atoms. The first-order valence-electron chi connectivity index (χ1n) is 6.64. The van der Waals surface area contributed by atoms with Gasteiger partial charge in [0.1, 0.15) is 0 Å². The Balaban J connectivity index is 1.75. The highest BCUT2D eigenvalue weighted by Gasteiger charge is 2.05. The van der Waals surface area contributed by atoms with Crippen LogP contribution in [-0.2, 0) is 0 Å². The number of aromatic nitrogens is 2. The van der Waals surface area contributed by atoms with Crippen molar-refractivity contribution in [2.24, 2.45) is 5.10 Å². The van der Waals surface area contributed by atoms with Crippen LogP contribution in [-0.4, -0.2) is 15.7 Å². The molecule has 0 aliphatic carbocycles. The molecule has 0 spiro atoms. The molecule has 3 rings (SSSR count). The van der Waals surface area contributed by atoms with Gasteiger partial charge in [0.25, 0.3) is 0 Å². The van der Waals surface area contributed by atoms with Gasteiger partial charge in [-0.2, -0.15) is 5.10 Å². The average Bonchev–Trinajstić information content (AvgIpc) is 3.02. The van der Waals surface area contributed by atoms with Crippen LogP contribution in [0.3, 0.4) is 0 Å². The highest BCUT2D eigenvalue weighted by Crippen LogP contribution is 2.26. The molecule has 110 valence electrons. The summed E-state index contributed by atoms with van der Waals surface area (Å²) in [5, 5.41) is 7.77. The molecule has 6 heteroatoms. The highest BCUT2D eigenvalue weighted by atomic mass is 35.5. The smallest absolute Gasteiger partial charge is 0.203 e. The summed E-state index contributed by atoms with van der Waals surface area (Å²) in [4.78, 5) is 8.51. The van der Waals surface area contributed by atoms with E-state index in [0.29, 0.717) is 5.02 Å². The first-order chi connectivity index (χ1) is 10.7. The maximum absolute atomic E-state index is 6.01. The molecule has 0 bridgehead atoms. The predicted molar refractivity (Wildman–Crippen MR) is 92.6 cm³/mol. The molecule has 4 nitrogen and oxygen atoms in total. The van der Waals surface area contributed by atoms with E-state index < -0.39 is 0 Å². The molecule has 2 heterocycles. The molecule has 1 N–H and O–H groups in total. The molecular formula is C16H13ClN4S. The van der Waals surface area contributed by atoms with E-state index in [0.717, 1.165) is 27.7 Å². The van der Waals surface area contributed by atoms with Gasteiger partial charge in [0.05, 0.1) is 11.4 Å². The quantitative estimate of drug-likeness (QED) is 0.558. The van der Waals surface area contributed by atoms with Crippen molar-refractivity contribution in [1.82, 2.24) is 9.97 Å². The van der Waals surface area contributed by atoms with Crippen molar-refractivity contribution < 1.29 is 0 Å². The number of hydrogen-bond acceptors (Lipinski definition) is 5. The van der Waals surface area contributed by atoms with Gasteiger partial charge in [-0.1, -0.05) is 23.7 Å². The number of hydrazone groups is 1. The van der Waals surface area contributed by atoms with Crippen LogP contribution in [0.5, 0.6) is 0 Å². The van der Waals surface area contributed by atoms with Crippen molar-refractivity contribution in [1.29, 1.82) is 0 Å². The van der Waals surface area contributed by atoms with E-state index >= 15 is 0 Å². The van der Waals surface area contributed by atoms with Gasteiger partial charge in [0.2, 0.25) is 5.13 Å². The third-order valence-corrected chi connectivity index (χ3v) is 4.02. The fraction of sp³-hybridized carbons (Fsp3) is 0.0625. The average molecular weight is 329 g/mol. The minimum atomic E-state index is 0.701. The molecule has 0 saturated carbocycles. The summed E-state index contributed by atoms with van der Waals surface area (Å²) in [5.74, 6) is 0. The molecule has 0 saturated heterocycles. The fourth-order valence-corrected chi connectivity index (χ4v) is 2.75. The Morgan fingerprint density at radius 3 is 2.82 bits per heavy atom. The monoisotopic (exact) mass is 328 g/mol. The second-order valence-electron chi connectivity index (χ2n) is 4.59. The van der Waals surface area contributed by atoms with Gasteiger partial charge in [0.15, 0.2) is 0 Å². The standard InChI is InChI=1S/C16H13ClN4S/c1-11(12-5-7-18-8-6-12)20-21-16-19-15(10-22-16)13-3-2-4-14(17)9-13/h2-10H,1H3,(H,19,21)/b20-11+. The van der Waals surface area contributed by atoms with E-state index in [9.17, 15) is 0 Å². The summed E-state index contributed by atoms with van der Waals surface area (Å²) in [6.45, 7) is 1.94. The van der Waals surface area contributed by atoms with E-state index in [-0.39, 0.29) is 0 Å². The van der Waals surface area contributed by atoms with Gasteiger partial charge >= 0.3 is 0 Å². The summed E-state index contributed by atoms with van der Waals surface area (Å²) in [7, 11) is 0. The lowest BCUT2D eigenvalue weighted by Crippen LogP contribution is -1.99. The van der Waals surface area contributed by atoms with E-state index in [1.54, 1.807) is 12.4 Å². The number of anilines is 1. The van der Waals surface area contributed by atoms with Crippen LogP contribution in [0.15, 0.2) is 59.3 Å². The van der Waals surface area contributed by atoms with Crippen LogP contribution >= 0.6 is 22.9 Å². The van der Waals surface area contributed by atoms with Crippen molar-refractivity contribution in [3.8, 4) is 11.3 Å². The van der Waals surface area contributed by atoms with Crippen molar-refractivity contribution in [3.05, 3.63) is 64.8 Å². The predicted octanol–water partition coefficient (Wildman–Crippen LogP) is 4.69. The van der Waals surface area contributed by atoms with E-state index in [4.69, 9.17) is 11.6 Å². The Morgan fingerprint density at radius 2 is 2.05 bits per heavy atom. The SMILES string of the molecule is C/C(=N\Nc1nc(-c2cccc(Cl)c2)cs1)c1ccncc1. The first kappa shape index (κ1) is 14.7. The molecule has 0 aliphatic heterocycles. The maximum atomic E-state index is 6.01. The summed E-state index contributed by atoms with van der Waals surface area (Å²) in [6, 6.07) is 11.5. The lowest BCUT2D eigenvalue weighted by molar-refractivity contribution is 1.26. The Hall–Kier alpha value is -2.24. The van der Waals surface area contributed by atoms with Gasteiger partial charge in [-0.25, -0.2) is 4.98 Å². The molecule has 1 aromatic carbocycles. The number of hydrogen-bond donors (Lipinski definition) is 1. The van der Waals surface area contributed by atoms with Crippen LogP contribution in [0, 0.1) is 0 Å². The van der Waals surface area contributed by atoms with E-state index in [1.807, 2.05) is 48.7 Å². The van der Waals surface area contributed by atoms with Gasteiger partial charge in [-0.3, -0.25) is 10.4 Å². The van der Waals surface area contributed by atoms with E-state index in [2.05, 4.69) is 20.5 Å². The Labute approximate surface area is 137 Å². The first-order valence-corrected chi connectivity index (χ1v) is 7.90.